The maximum absolute atomic E-state index is 5.67. The predicted octanol–water partition coefficient (Wildman–Crippen LogP) is 1.61. The molecule has 0 atom stereocenters. The Morgan fingerprint density at radius 2 is 1.75 bits per heavy atom. The van der Waals surface area contributed by atoms with Crippen LogP contribution in [0.5, 0.6) is 0 Å². The van der Waals surface area contributed by atoms with Crippen molar-refractivity contribution in [2.75, 3.05) is 0 Å². The third kappa shape index (κ3) is 1.47. The monoisotopic (exact) mass is 146 g/mol. The van der Waals surface area contributed by atoms with Crippen LogP contribution >= 0.6 is 19.2 Å². The van der Waals surface area contributed by atoms with Crippen LogP contribution in [-0.2, 0) is 0 Å². The van der Waals surface area contributed by atoms with E-state index in [1.807, 2.05) is 18.2 Å². The minimum absolute atomic E-state index is 0.437. The van der Waals surface area contributed by atoms with Crippen molar-refractivity contribution in [3.05, 3.63) is 30.3 Å². The summed E-state index contributed by atoms with van der Waals surface area (Å²) >= 11 is 5.67. The molecule has 1 aromatic carbocycles. The van der Waals surface area contributed by atoms with Crippen LogP contribution in [-0.4, -0.2) is 0 Å². The number of benzene rings is 1. The molecule has 0 spiro atoms. The van der Waals surface area contributed by atoms with Gasteiger partial charge in [-0.25, -0.2) is 0 Å². The Hall–Kier alpha value is -0.0600. The molecule has 0 N–H and O–H groups in total. The summed E-state index contributed by atoms with van der Waals surface area (Å²) in [6, 6.07) is 10.2. The molecule has 44 valence electrons. The van der Waals surface area contributed by atoms with Crippen LogP contribution in [0.15, 0.2) is 30.3 Å². The van der Waals surface area contributed by atoms with Gasteiger partial charge in [-0.15, -0.1) is 0 Å². The second kappa shape index (κ2) is 3.06. The maximum atomic E-state index is 5.67. The third-order valence-corrected chi connectivity index (χ3v) is 2.70. The molecule has 0 unspecified atom stereocenters. The normalized spacial score (nSPS) is 9.62. The van der Waals surface area contributed by atoms with Crippen LogP contribution < -0.4 is 5.30 Å². The first-order valence-corrected chi connectivity index (χ1v) is 5.38. The van der Waals surface area contributed by atoms with Crippen LogP contribution in [0, 0.1) is 0 Å². The fourth-order valence-corrected chi connectivity index (χ4v) is 1.55. The van der Waals surface area contributed by atoms with Gasteiger partial charge in [0.15, 0.2) is 0 Å². The first-order chi connectivity index (χ1) is 3.93. The van der Waals surface area contributed by atoms with Crippen molar-refractivity contribution in [2.45, 2.75) is 0 Å². The van der Waals surface area contributed by atoms with E-state index in [1.165, 1.54) is 5.30 Å². The summed E-state index contributed by atoms with van der Waals surface area (Å²) in [5.41, 5.74) is 0. The summed E-state index contributed by atoms with van der Waals surface area (Å²) in [6.07, 6.45) is 0. The van der Waals surface area contributed by atoms with Crippen LogP contribution in [0.1, 0.15) is 0 Å². The number of halogens is 1. The van der Waals surface area contributed by atoms with E-state index < -0.39 is 7.93 Å². The van der Waals surface area contributed by atoms with Gasteiger partial charge >= 0.3 is 54.8 Å². The Bertz CT molecular complexity index is 150. The molecule has 1 aromatic rings. The predicted molar refractivity (Wildman–Crippen MR) is 43.0 cm³/mol. The first-order valence-electron chi connectivity index (χ1n) is 2.53. The van der Waals surface area contributed by atoms with Gasteiger partial charge in [-0.05, 0) is 0 Å². The summed E-state index contributed by atoms with van der Waals surface area (Å²) < 4.78 is 0. The van der Waals surface area contributed by atoms with E-state index in [0.717, 1.165) is 0 Å². The Kier molecular flexibility index (Phi) is 2.32. The summed E-state index contributed by atoms with van der Waals surface area (Å²) in [7, 11) is -0.437. The van der Waals surface area contributed by atoms with Crippen molar-refractivity contribution in [2.24, 2.45) is 0 Å². The SMILES string of the molecule is Cl[PH3]c1ccccc1. The molecule has 0 aliphatic rings. The molecule has 0 aliphatic heterocycles. The van der Waals surface area contributed by atoms with E-state index in [1.54, 1.807) is 0 Å². The molecule has 0 nitrogen and oxygen atoms in total. The summed E-state index contributed by atoms with van der Waals surface area (Å²) in [5, 5.41) is 1.31. The summed E-state index contributed by atoms with van der Waals surface area (Å²) in [4.78, 5) is 0. The van der Waals surface area contributed by atoms with Gasteiger partial charge in [0.05, 0.1) is 0 Å². The van der Waals surface area contributed by atoms with E-state index >= 15 is 0 Å². The average Bonchev–Trinajstić information content (AvgIpc) is 1.90. The topological polar surface area (TPSA) is 0 Å². The van der Waals surface area contributed by atoms with Crippen LogP contribution in [0.3, 0.4) is 0 Å². The molecule has 0 saturated carbocycles. The Morgan fingerprint density at radius 3 is 2.12 bits per heavy atom. The second-order valence-corrected chi connectivity index (χ2v) is 3.50. The molecule has 0 radical (unpaired) electrons. The molecule has 1 rings (SSSR count). The number of rotatable bonds is 1. The van der Waals surface area contributed by atoms with Gasteiger partial charge in [0, 0.05) is 0 Å². The Labute approximate surface area is 55.4 Å². The molecule has 0 fully saturated rings. The van der Waals surface area contributed by atoms with E-state index in [4.69, 9.17) is 11.2 Å². The minimum atomic E-state index is -0.437. The molecule has 0 aliphatic carbocycles. The number of hydrogen-bond acceptors (Lipinski definition) is 0. The van der Waals surface area contributed by atoms with E-state index in [2.05, 4.69) is 12.1 Å². The average molecular weight is 147 g/mol. The van der Waals surface area contributed by atoms with Gasteiger partial charge < -0.3 is 0 Å². The number of hydrogen-bond donors (Lipinski definition) is 0. The molecule has 0 bridgehead atoms. The zero-order valence-electron chi connectivity index (χ0n) is 4.47. The Morgan fingerprint density at radius 1 is 1.12 bits per heavy atom. The van der Waals surface area contributed by atoms with Crippen molar-refractivity contribution in [1.82, 2.24) is 0 Å². The molecule has 0 saturated heterocycles. The second-order valence-electron chi connectivity index (χ2n) is 1.62. The molecule has 0 amide bonds. The molecular formula is C6H8ClP. The van der Waals surface area contributed by atoms with Gasteiger partial charge in [0.1, 0.15) is 0 Å². The molecule has 0 heterocycles. The van der Waals surface area contributed by atoms with Gasteiger partial charge in [-0.3, -0.25) is 0 Å². The molecule has 0 aromatic heterocycles. The zero-order chi connectivity index (χ0) is 5.82. The first kappa shape index (κ1) is 6.07. The fourth-order valence-electron chi connectivity index (χ4n) is 0.567. The summed E-state index contributed by atoms with van der Waals surface area (Å²) in [5.74, 6) is 0. The van der Waals surface area contributed by atoms with Gasteiger partial charge in [-0.1, -0.05) is 0 Å². The molecule has 8 heavy (non-hydrogen) atoms. The van der Waals surface area contributed by atoms with Crippen LogP contribution in [0.25, 0.3) is 0 Å². The zero-order valence-corrected chi connectivity index (χ0v) is 6.64. The van der Waals surface area contributed by atoms with Gasteiger partial charge in [0.2, 0.25) is 0 Å². The van der Waals surface area contributed by atoms with Crippen molar-refractivity contribution in [3.63, 3.8) is 0 Å². The van der Waals surface area contributed by atoms with Crippen molar-refractivity contribution in [1.29, 1.82) is 0 Å². The summed E-state index contributed by atoms with van der Waals surface area (Å²) in [6.45, 7) is 0. The van der Waals surface area contributed by atoms with Crippen molar-refractivity contribution in [3.8, 4) is 0 Å². The van der Waals surface area contributed by atoms with Gasteiger partial charge in [0.25, 0.3) is 0 Å². The van der Waals surface area contributed by atoms with Gasteiger partial charge in [-0.2, -0.15) is 0 Å². The molecule has 2 heteroatoms. The van der Waals surface area contributed by atoms with E-state index in [9.17, 15) is 0 Å². The van der Waals surface area contributed by atoms with Crippen LogP contribution in [0.2, 0.25) is 0 Å². The quantitative estimate of drug-likeness (QED) is 0.528. The molecular weight excluding hydrogens is 138 g/mol. The van der Waals surface area contributed by atoms with Crippen LogP contribution in [0.4, 0.5) is 0 Å². The van der Waals surface area contributed by atoms with Crippen molar-refractivity contribution < 1.29 is 0 Å². The van der Waals surface area contributed by atoms with E-state index in [0.29, 0.717) is 0 Å². The fraction of sp³-hybridized carbons (Fsp3) is 0. The standard InChI is InChI=1S/C6H8ClP/c7-8-6-4-2-1-3-5-6/h1-5H,8H3. The third-order valence-electron chi connectivity index (χ3n) is 0.997. The van der Waals surface area contributed by atoms with E-state index in [-0.39, 0.29) is 0 Å². The van der Waals surface area contributed by atoms with Crippen molar-refractivity contribution >= 4 is 24.5 Å². The Balaban J connectivity index is 2.83.